The maximum Gasteiger partial charge on any atom is 0.322 e. The number of hydrogen-bond acceptors (Lipinski definition) is 6. The van der Waals surface area contributed by atoms with Gasteiger partial charge in [-0.15, -0.1) is 10.2 Å². The summed E-state index contributed by atoms with van der Waals surface area (Å²) in [5.74, 6) is 0.307. The molecule has 2 N–H and O–H groups in total. The standard InChI is InChI=1S/C22H22ClN5O3S/c1-2-31-18-8-4-3-6-16(18)24-22(30)28-13-5-7-17(28)19(29)25-21-27-26-20(32-21)14-9-11-15(23)12-10-14/h3-4,6,8-12,17H,2,5,7,13H2,1H3,(H,24,30)(H,25,27,29). The van der Waals surface area contributed by atoms with E-state index >= 15 is 0 Å². The highest BCUT2D eigenvalue weighted by Gasteiger charge is 2.35. The van der Waals surface area contributed by atoms with Crippen LogP contribution in [0.3, 0.4) is 0 Å². The van der Waals surface area contributed by atoms with Crippen LogP contribution in [-0.4, -0.2) is 46.2 Å². The number of amides is 3. The van der Waals surface area contributed by atoms with E-state index in [0.29, 0.717) is 46.2 Å². The van der Waals surface area contributed by atoms with E-state index in [2.05, 4.69) is 20.8 Å². The van der Waals surface area contributed by atoms with E-state index in [1.54, 1.807) is 29.2 Å². The molecular formula is C22H22ClN5O3S. The molecule has 1 aromatic heterocycles. The number of urea groups is 1. The molecule has 1 atom stereocenters. The van der Waals surface area contributed by atoms with E-state index in [1.165, 1.54) is 11.3 Å². The highest BCUT2D eigenvalue weighted by atomic mass is 35.5. The van der Waals surface area contributed by atoms with Crippen LogP contribution in [0.1, 0.15) is 19.8 Å². The summed E-state index contributed by atoms with van der Waals surface area (Å²) in [5, 5.41) is 15.6. The minimum Gasteiger partial charge on any atom is -0.492 e. The predicted molar refractivity (Wildman–Crippen MR) is 125 cm³/mol. The van der Waals surface area contributed by atoms with Gasteiger partial charge in [-0.05, 0) is 44.0 Å². The van der Waals surface area contributed by atoms with Crippen molar-refractivity contribution in [2.24, 2.45) is 0 Å². The summed E-state index contributed by atoms with van der Waals surface area (Å²) in [6, 6.07) is 13.5. The number of nitrogens with zero attached hydrogens (tertiary/aromatic N) is 3. The number of rotatable bonds is 6. The van der Waals surface area contributed by atoms with Crippen molar-refractivity contribution in [3.63, 3.8) is 0 Å². The summed E-state index contributed by atoms with van der Waals surface area (Å²) in [7, 11) is 0. The molecule has 0 aliphatic carbocycles. The van der Waals surface area contributed by atoms with Crippen LogP contribution in [0.4, 0.5) is 15.6 Å². The number of para-hydroxylation sites is 2. The van der Waals surface area contributed by atoms with Gasteiger partial charge >= 0.3 is 6.03 Å². The molecule has 10 heteroatoms. The Morgan fingerprint density at radius 2 is 1.94 bits per heavy atom. The zero-order valence-corrected chi connectivity index (χ0v) is 18.9. The molecule has 8 nitrogen and oxygen atoms in total. The number of halogens is 1. The summed E-state index contributed by atoms with van der Waals surface area (Å²) in [6.07, 6.45) is 1.32. The summed E-state index contributed by atoms with van der Waals surface area (Å²) < 4.78 is 5.57. The normalized spacial score (nSPS) is 15.4. The van der Waals surface area contributed by atoms with Crippen molar-refractivity contribution in [1.82, 2.24) is 15.1 Å². The van der Waals surface area contributed by atoms with Gasteiger partial charge in [0, 0.05) is 17.1 Å². The van der Waals surface area contributed by atoms with Crippen LogP contribution < -0.4 is 15.4 Å². The van der Waals surface area contributed by atoms with Crippen molar-refractivity contribution >= 4 is 45.7 Å². The molecule has 2 heterocycles. The zero-order valence-electron chi connectivity index (χ0n) is 17.4. The monoisotopic (exact) mass is 471 g/mol. The highest BCUT2D eigenvalue weighted by molar-refractivity contribution is 7.18. The van der Waals surface area contributed by atoms with Crippen LogP contribution in [0.15, 0.2) is 48.5 Å². The van der Waals surface area contributed by atoms with Gasteiger partial charge in [0.15, 0.2) is 0 Å². The summed E-state index contributed by atoms with van der Waals surface area (Å²) in [6.45, 7) is 2.86. The van der Waals surface area contributed by atoms with Crippen molar-refractivity contribution in [3.8, 4) is 16.3 Å². The summed E-state index contributed by atoms with van der Waals surface area (Å²) >= 11 is 7.19. The Bertz CT molecular complexity index is 1100. The van der Waals surface area contributed by atoms with Gasteiger partial charge < -0.3 is 15.0 Å². The fraction of sp³-hybridized carbons (Fsp3) is 0.273. The third-order valence-corrected chi connectivity index (χ3v) is 6.13. The average Bonchev–Trinajstić information content (AvgIpc) is 3.46. The Labute approximate surface area is 194 Å². The fourth-order valence-corrected chi connectivity index (χ4v) is 4.37. The topological polar surface area (TPSA) is 96.5 Å². The largest absolute Gasteiger partial charge is 0.492 e. The van der Waals surface area contributed by atoms with Gasteiger partial charge in [0.1, 0.15) is 16.8 Å². The first-order valence-corrected chi connectivity index (χ1v) is 11.4. The van der Waals surface area contributed by atoms with Crippen molar-refractivity contribution in [3.05, 3.63) is 53.6 Å². The lowest BCUT2D eigenvalue weighted by molar-refractivity contribution is -0.119. The van der Waals surface area contributed by atoms with E-state index in [-0.39, 0.29) is 11.9 Å². The average molecular weight is 472 g/mol. The van der Waals surface area contributed by atoms with Gasteiger partial charge in [-0.25, -0.2) is 4.79 Å². The van der Waals surface area contributed by atoms with Crippen molar-refractivity contribution < 1.29 is 14.3 Å². The molecule has 166 valence electrons. The van der Waals surface area contributed by atoms with E-state index in [9.17, 15) is 9.59 Å². The third kappa shape index (κ3) is 5.00. The van der Waals surface area contributed by atoms with Crippen molar-refractivity contribution in [1.29, 1.82) is 0 Å². The van der Waals surface area contributed by atoms with Gasteiger partial charge in [-0.3, -0.25) is 10.1 Å². The van der Waals surface area contributed by atoms with Crippen molar-refractivity contribution in [2.45, 2.75) is 25.8 Å². The van der Waals surface area contributed by atoms with E-state index in [1.807, 2.05) is 31.2 Å². The minimum absolute atomic E-state index is 0.283. The van der Waals surface area contributed by atoms with Gasteiger partial charge in [0.05, 0.1) is 12.3 Å². The molecule has 4 rings (SSSR count). The number of aromatic nitrogens is 2. The number of anilines is 2. The predicted octanol–water partition coefficient (Wildman–Crippen LogP) is 4.89. The lowest BCUT2D eigenvalue weighted by Crippen LogP contribution is -2.45. The van der Waals surface area contributed by atoms with Gasteiger partial charge in [-0.2, -0.15) is 0 Å². The molecule has 3 amide bonds. The van der Waals surface area contributed by atoms with E-state index in [0.717, 1.165) is 12.0 Å². The van der Waals surface area contributed by atoms with Crippen LogP contribution in [-0.2, 0) is 4.79 Å². The SMILES string of the molecule is CCOc1ccccc1NC(=O)N1CCCC1C(=O)Nc1nnc(-c2ccc(Cl)cc2)s1. The van der Waals surface area contributed by atoms with Gasteiger partial charge in [0.2, 0.25) is 11.0 Å². The summed E-state index contributed by atoms with van der Waals surface area (Å²) in [4.78, 5) is 27.3. The third-order valence-electron chi connectivity index (χ3n) is 4.99. The number of carbonyl (C=O) groups is 2. The smallest absolute Gasteiger partial charge is 0.322 e. The molecule has 0 spiro atoms. The number of benzene rings is 2. The molecular weight excluding hydrogens is 450 g/mol. The Balaban J connectivity index is 1.41. The Morgan fingerprint density at radius 1 is 1.16 bits per heavy atom. The quantitative estimate of drug-likeness (QED) is 0.533. The van der Waals surface area contributed by atoms with Crippen LogP contribution in [0, 0.1) is 0 Å². The summed E-state index contributed by atoms with van der Waals surface area (Å²) in [5.41, 5.74) is 1.43. The van der Waals surface area contributed by atoms with E-state index in [4.69, 9.17) is 16.3 Å². The molecule has 1 aliphatic rings. The molecule has 2 aromatic carbocycles. The first kappa shape index (κ1) is 22.0. The van der Waals surface area contributed by atoms with Gasteiger partial charge in [0.25, 0.3) is 0 Å². The first-order valence-electron chi connectivity index (χ1n) is 10.2. The molecule has 0 radical (unpaired) electrons. The minimum atomic E-state index is -0.586. The number of likely N-dealkylation sites (tertiary alicyclic amines) is 1. The Hall–Kier alpha value is -3.17. The number of nitrogens with one attached hydrogen (secondary N) is 2. The van der Waals surface area contributed by atoms with Crippen LogP contribution in [0.2, 0.25) is 5.02 Å². The lowest BCUT2D eigenvalue weighted by atomic mass is 10.2. The molecule has 0 bridgehead atoms. The zero-order chi connectivity index (χ0) is 22.5. The first-order chi connectivity index (χ1) is 15.5. The number of carbonyl (C=O) groups excluding carboxylic acids is 2. The molecule has 1 unspecified atom stereocenters. The van der Waals surface area contributed by atoms with E-state index < -0.39 is 6.04 Å². The highest BCUT2D eigenvalue weighted by Crippen LogP contribution is 2.29. The molecule has 1 fully saturated rings. The molecule has 1 aliphatic heterocycles. The fourth-order valence-electron chi connectivity index (χ4n) is 3.49. The van der Waals surface area contributed by atoms with Gasteiger partial charge in [-0.1, -0.05) is 47.2 Å². The van der Waals surface area contributed by atoms with Crippen LogP contribution in [0.25, 0.3) is 10.6 Å². The number of ether oxygens (including phenoxy) is 1. The maximum atomic E-state index is 12.9. The maximum absolute atomic E-state index is 12.9. The van der Waals surface area contributed by atoms with Crippen LogP contribution >= 0.6 is 22.9 Å². The second-order valence-electron chi connectivity index (χ2n) is 7.12. The molecule has 1 saturated heterocycles. The second-order valence-corrected chi connectivity index (χ2v) is 8.53. The Kier molecular flexibility index (Phi) is 6.87. The van der Waals surface area contributed by atoms with Crippen LogP contribution in [0.5, 0.6) is 5.75 Å². The molecule has 32 heavy (non-hydrogen) atoms. The molecule has 0 saturated carbocycles. The Morgan fingerprint density at radius 3 is 2.72 bits per heavy atom. The molecule has 3 aromatic rings. The lowest BCUT2D eigenvalue weighted by Gasteiger charge is -2.24. The number of hydrogen-bond donors (Lipinski definition) is 2. The second kappa shape index (κ2) is 9.97. The van der Waals surface area contributed by atoms with Crippen molar-refractivity contribution in [2.75, 3.05) is 23.8 Å².